The number of piperazine rings is 1. The molecule has 0 unspecified atom stereocenters. The lowest BCUT2D eigenvalue weighted by Gasteiger charge is -2.36. The molecule has 4 heteroatoms. The summed E-state index contributed by atoms with van der Waals surface area (Å²) in [6, 6.07) is 7.96. The van der Waals surface area contributed by atoms with Gasteiger partial charge in [-0.25, -0.2) is 0 Å². The van der Waals surface area contributed by atoms with Gasteiger partial charge in [-0.1, -0.05) is 19.8 Å². The van der Waals surface area contributed by atoms with E-state index in [1.165, 1.54) is 5.69 Å². The van der Waals surface area contributed by atoms with Crippen molar-refractivity contribution in [3.05, 3.63) is 24.3 Å². The van der Waals surface area contributed by atoms with Crippen molar-refractivity contribution in [2.45, 2.75) is 32.6 Å². The second kappa shape index (κ2) is 7.17. The van der Waals surface area contributed by atoms with Gasteiger partial charge in [0.25, 0.3) is 0 Å². The molecule has 1 aromatic carbocycles. The van der Waals surface area contributed by atoms with Crippen LogP contribution < -0.4 is 10.6 Å². The van der Waals surface area contributed by atoms with Crippen LogP contribution in [0.3, 0.4) is 0 Å². The van der Waals surface area contributed by atoms with Crippen LogP contribution in [-0.2, 0) is 4.79 Å². The van der Waals surface area contributed by atoms with Crippen LogP contribution in [0, 0.1) is 0 Å². The number of nitrogens with zero attached hydrogens (tertiary/aromatic N) is 2. The normalized spacial score (nSPS) is 15.4. The van der Waals surface area contributed by atoms with Gasteiger partial charge in [0.2, 0.25) is 5.91 Å². The predicted octanol–water partition coefficient (Wildman–Crippen LogP) is 2.50. The van der Waals surface area contributed by atoms with E-state index in [4.69, 9.17) is 5.73 Å². The molecular formula is C16H25N3O. The fourth-order valence-corrected chi connectivity index (χ4v) is 2.58. The Bertz CT molecular complexity index is 422. The van der Waals surface area contributed by atoms with Crippen molar-refractivity contribution in [2.24, 2.45) is 0 Å². The maximum absolute atomic E-state index is 12.1. The number of carbonyl (C=O) groups is 1. The van der Waals surface area contributed by atoms with Gasteiger partial charge in [0, 0.05) is 44.0 Å². The Balaban J connectivity index is 1.80. The third-order valence-electron chi connectivity index (χ3n) is 3.88. The van der Waals surface area contributed by atoms with E-state index in [1.807, 2.05) is 29.2 Å². The number of unbranched alkanes of at least 4 members (excludes halogenated alkanes) is 2. The zero-order chi connectivity index (χ0) is 14.4. The van der Waals surface area contributed by atoms with Crippen LogP contribution in [0.25, 0.3) is 0 Å². The summed E-state index contributed by atoms with van der Waals surface area (Å²) >= 11 is 0. The molecule has 0 aromatic heterocycles. The SMILES string of the molecule is CCCCCC(=O)N1CCN(c2ccc(N)cc2)CC1. The summed E-state index contributed by atoms with van der Waals surface area (Å²) < 4.78 is 0. The summed E-state index contributed by atoms with van der Waals surface area (Å²) in [5.41, 5.74) is 7.69. The molecule has 1 fully saturated rings. The Labute approximate surface area is 121 Å². The van der Waals surface area contributed by atoms with E-state index in [9.17, 15) is 4.79 Å². The van der Waals surface area contributed by atoms with Crippen LogP contribution in [0.5, 0.6) is 0 Å². The number of benzene rings is 1. The molecule has 4 nitrogen and oxygen atoms in total. The number of nitrogens with two attached hydrogens (primary N) is 1. The molecule has 2 rings (SSSR count). The average molecular weight is 275 g/mol. The first kappa shape index (κ1) is 14.7. The first-order chi connectivity index (χ1) is 9.70. The predicted molar refractivity (Wildman–Crippen MR) is 83.8 cm³/mol. The van der Waals surface area contributed by atoms with Crippen LogP contribution in [0.2, 0.25) is 0 Å². The molecule has 1 amide bonds. The molecule has 110 valence electrons. The van der Waals surface area contributed by atoms with Gasteiger partial charge in [0.1, 0.15) is 0 Å². The molecule has 0 spiro atoms. The zero-order valence-electron chi connectivity index (χ0n) is 12.3. The Kier molecular flexibility index (Phi) is 5.27. The maximum atomic E-state index is 12.1. The average Bonchev–Trinajstić information content (AvgIpc) is 2.48. The number of anilines is 2. The minimum Gasteiger partial charge on any atom is -0.399 e. The third-order valence-corrected chi connectivity index (χ3v) is 3.88. The smallest absolute Gasteiger partial charge is 0.222 e. The van der Waals surface area contributed by atoms with Crippen molar-refractivity contribution in [1.29, 1.82) is 0 Å². The highest BCUT2D eigenvalue weighted by molar-refractivity contribution is 5.76. The number of amides is 1. The number of nitrogen functional groups attached to an aromatic ring is 1. The van der Waals surface area contributed by atoms with Gasteiger partial charge in [0.05, 0.1) is 0 Å². The lowest BCUT2D eigenvalue weighted by molar-refractivity contribution is -0.131. The van der Waals surface area contributed by atoms with Crippen molar-refractivity contribution in [2.75, 3.05) is 36.8 Å². The Morgan fingerprint density at radius 1 is 1.10 bits per heavy atom. The lowest BCUT2D eigenvalue weighted by Crippen LogP contribution is -2.48. The first-order valence-electron chi connectivity index (χ1n) is 7.59. The van der Waals surface area contributed by atoms with E-state index in [0.717, 1.165) is 51.1 Å². The molecule has 0 atom stereocenters. The molecule has 1 saturated heterocycles. The minimum atomic E-state index is 0.315. The van der Waals surface area contributed by atoms with E-state index in [1.54, 1.807) is 0 Å². The van der Waals surface area contributed by atoms with Crippen LogP contribution in [0.15, 0.2) is 24.3 Å². The van der Waals surface area contributed by atoms with Crippen LogP contribution in [0.4, 0.5) is 11.4 Å². The van der Waals surface area contributed by atoms with Crippen molar-refractivity contribution in [3.8, 4) is 0 Å². The second-order valence-electron chi connectivity index (χ2n) is 5.42. The van der Waals surface area contributed by atoms with Crippen molar-refractivity contribution >= 4 is 17.3 Å². The third kappa shape index (κ3) is 3.89. The van der Waals surface area contributed by atoms with Gasteiger partial charge in [-0.2, -0.15) is 0 Å². The summed E-state index contributed by atoms with van der Waals surface area (Å²) in [7, 11) is 0. The van der Waals surface area contributed by atoms with Gasteiger partial charge in [-0.15, -0.1) is 0 Å². The van der Waals surface area contributed by atoms with Gasteiger partial charge in [-0.05, 0) is 30.7 Å². The highest BCUT2D eigenvalue weighted by Gasteiger charge is 2.20. The van der Waals surface area contributed by atoms with Crippen molar-refractivity contribution in [3.63, 3.8) is 0 Å². The Morgan fingerprint density at radius 2 is 1.75 bits per heavy atom. The Hall–Kier alpha value is -1.71. The minimum absolute atomic E-state index is 0.315. The van der Waals surface area contributed by atoms with E-state index >= 15 is 0 Å². The molecule has 20 heavy (non-hydrogen) atoms. The first-order valence-corrected chi connectivity index (χ1v) is 7.59. The monoisotopic (exact) mass is 275 g/mol. The number of rotatable bonds is 5. The van der Waals surface area contributed by atoms with Gasteiger partial charge < -0.3 is 15.5 Å². The molecule has 1 heterocycles. The maximum Gasteiger partial charge on any atom is 0.222 e. The van der Waals surface area contributed by atoms with Gasteiger partial charge >= 0.3 is 0 Å². The van der Waals surface area contributed by atoms with E-state index in [0.29, 0.717) is 12.3 Å². The topological polar surface area (TPSA) is 49.6 Å². The summed E-state index contributed by atoms with van der Waals surface area (Å²) in [5.74, 6) is 0.315. The Morgan fingerprint density at radius 3 is 2.35 bits per heavy atom. The number of carbonyl (C=O) groups excluding carboxylic acids is 1. The molecule has 0 saturated carbocycles. The summed E-state index contributed by atoms with van der Waals surface area (Å²) in [5, 5.41) is 0. The summed E-state index contributed by atoms with van der Waals surface area (Å²) in [6.45, 7) is 5.63. The van der Waals surface area contributed by atoms with E-state index in [2.05, 4.69) is 11.8 Å². The van der Waals surface area contributed by atoms with Crippen molar-refractivity contribution < 1.29 is 4.79 Å². The molecule has 0 aliphatic carbocycles. The van der Waals surface area contributed by atoms with E-state index < -0.39 is 0 Å². The number of hydrogen-bond acceptors (Lipinski definition) is 3. The standard InChI is InChI=1S/C16H25N3O/c1-2-3-4-5-16(20)19-12-10-18(11-13-19)15-8-6-14(17)7-9-15/h6-9H,2-5,10-13,17H2,1H3. The summed E-state index contributed by atoms with van der Waals surface area (Å²) in [4.78, 5) is 16.4. The van der Waals surface area contributed by atoms with Crippen LogP contribution in [-0.4, -0.2) is 37.0 Å². The molecule has 0 radical (unpaired) electrons. The molecule has 0 bridgehead atoms. The lowest BCUT2D eigenvalue weighted by atomic mass is 10.1. The van der Waals surface area contributed by atoms with Crippen molar-refractivity contribution in [1.82, 2.24) is 4.90 Å². The van der Waals surface area contributed by atoms with Gasteiger partial charge in [0.15, 0.2) is 0 Å². The largest absolute Gasteiger partial charge is 0.399 e. The fourth-order valence-electron chi connectivity index (χ4n) is 2.58. The molecule has 2 N–H and O–H groups in total. The molecular weight excluding hydrogens is 250 g/mol. The molecule has 1 aliphatic heterocycles. The van der Waals surface area contributed by atoms with Crippen LogP contribution in [0.1, 0.15) is 32.6 Å². The second-order valence-corrected chi connectivity index (χ2v) is 5.42. The molecule has 1 aliphatic rings. The van der Waals surface area contributed by atoms with Gasteiger partial charge in [-0.3, -0.25) is 4.79 Å². The molecule has 1 aromatic rings. The quantitative estimate of drug-likeness (QED) is 0.663. The fraction of sp³-hybridized carbons (Fsp3) is 0.562. The summed E-state index contributed by atoms with van der Waals surface area (Å²) in [6.07, 6.45) is 4.04. The highest BCUT2D eigenvalue weighted by atomic mass is 16.2. The highest BCUT2D eigenvalue weighted by Crippen LogP contribution is 2.18. The van der Waals surface area contributed by atoms with Crippen LogP contribution >= 0.6 is 0 Å². The zero-order valence-corrected chi connectivity index (χ0v) is 12.3. The van der Waals surface area contributed by atoms with E-state index in [-0.39, 0.29) is 0 Å². The number of hydrogen-bond donors (Lipinski definition) is 1.